The van der Waals surface area contributed by atoms with Gasteiger partial charge in [0.2, 0.25) is 0 Å². The maximum Gasteiger partial charge on any atom is 0.257 e. The molecular formula is C17H22N4O2S. The van der Waals surface area contributed by atoms with Gasteiger partial charge in [0, 0.05) is 44.7 Å². The molecular weight excluding hydrogens is 324 g/mol. The van der Waals surface area contributed by atoms with Crippen LogP contribution in [0.5, 0.6) is 5.75 Å². The minimum absolute atomic E-state index is 0.213. The summed E-state index contributed by atoms with van der Waals surface area (Å²) in [6, 6.07) is 9.15. The Balaban J connectivity index is 1.81. The number of nitrogens with zero attached hydrogens (tertiary/aromatic N) is 3. The average molecular weight is 346 g/mol. The zero-order valence-electron chi connectivity index (χ0n) is 13.8. The molecule has 0 spiro atoms. The number of carbonyl (C=O) groups excluding carboxylic acids is 1. The number of nitriles is 1. The van der Waals surface area contributed by atoms with Gasteiger partial charge in [0.15, 0.2) is 5.11 Å². The van der Waals surface area contributed by atoms with Crippen LogP contribution < -0.4 is 10.1 Å². The highest BCUT2D eigenvalue weighted by atomic mass is 32.1. The quantitative estimate of drug-likeness (QED) is 0.818. The Morgan fingerprint density at radius 2 is 1.96 bits per heavy atom. The molecule has 0 aliphatic carbocycles. The Bertz CT molecular complexity index is 604. The van der Waals surface area contributed by atoms with Crippen molar-refractivity contribution in [1.82, 2.24) is 15.1 Å². The van der Waals surface area contributed by atoms with Crippen molar-refractivity contribution in [3.05, 3.63) is 29.8 Å². The first kappa shape index (κ1) is 18.2. The smallest absolute Gasteiger partial charge is 0.257 e. The molecule has 6 nitrogen and oxygen atoms in total. The van der Waals surface area contributed by atoms with E-state index in [-0.39, 0.29) is 5.91 Å². The average Bonchev–Trinajstić information content (AvgIpc) is 2.61. The third-order valence-electron chi connectivity index (χ3n) is 3.85. The molecule has 0 radical (unpaired) electrons. The fourth-order valence-corrected chi connectivity index (χ4v) is 2.78. The van der Waals surface area contributed by atoms with Crippen molar-refractivity contribution in [1.29, 1.82) is 5.26 Å². The van der Waals surface area contributed by atoms with Crippen molar-refractivity contribution in [2.75, 3.05) is 39.3 Å². The van der Waals surface area contributed by atoms with Crippen molar-refractivity contribution < 1.29 is 9.53 Å². The predicted octanol–water partition coefficient (Wildman–Crippen LogP) is 1.63. The third kappa shape index (κ3) is 5.18. The normalized spacial score (nSPS) is 14.8. The monoisotopic (exact) mass is 346 g/mol. The fourth-order valence-electron chi connectivity index (χ4n) is 2.50. The number of nitrogens with one attached hydrogen (secondary N) is 1. The van der Waals surface area contributed by atoms with E-state index in [0.717, 1.165) is 38.5 Å². The summed E-state index contributed by atoms with van der Waals surface area (Å²) in [7, 11) is 0. The van der Waals surface area contributed by atoms with Gasteiger partial charge in [-0.1, -0.05) is 0 Å². The molecule has 1 aromatic carbocycles. The van der Waals surface area contributed by atoms with E-state index < -0.39 is 0 Å². The molecule has 1 amide bonds. The van der Waals surface area contributed by atoms with E-state index >= 15 is 0 Å². The number of hydrogen-bond acceptors (Lipinski definition) is 5. The molecule has 0 bridgehead atoms. The second-order valence-corrected chi connectivity index (χ2v) is 5.84. The molecule has 1 fully saturated rings. The molecule has 24 heavy (non-hydrogen) atoms. The van der Waals surface area contributed by atoms with E-state index in [1.807, 2.05) is 11.8 Å². The lowest BCUT2D eigenvalue weighted by Crippen LogP contribution is -2.52. The number of benzene rings is 1. The van der Waals surface area contributed by atoms with Crippen LogP contribution in [0.1, 0.15) is 23.7 Å². The van der Waals surface area contributed by atoms with E-state index in [1.165, 1.54) is 0 Å². The van der Waals surface area contributed by atoms with Gasteiger partial charge in [-0.25, -0.2) is 0 Å². The molecule has 1 N–H and O–H groups in total. The lowest BCUT2D eigenvalue weighted by Gasteiger charge is -2.35. The van der Waals surface area contributed by atoms with Crippen LogP contribution in [0.4, 0.5) is 0 Å². The molecule has 128 valence electrons. The highest BCUT2D eigenvalue weighted by Crippen LogP contribution is 2.12. The minimum atomic E-state index is -0.213. The third-order valence-corrected chi connectivity index (χ3v) is 4.21. The van der Waals surface area contributed by atoms with Gasteiger partial charge < -0.3 is 9.64 Å². The predicted molar refractivity (Wildman–Crippen MR) is 95.9 cm³/mol. The zero-order valence-corrected chi connectivity index (χ0v) is 14.6. The van der Waals surface area contributed by atoms with Crippen LogP contribution in [0.3, 0.4) is 0 Å². The maximum absolute atomic E-state index is 12.3. The summed E-state index contributed by atoms with van der Waals surface area (Å²) >= 11 is 5.34. The summed E-state index contributed by atoms with van der Waals surface area (Å²) in [6.07, 6.45) is 0.541. The molecule has 1 heterocycles. The van der Waals surface area contributed by atoms with Crippen LogP contribution >= 0.6 is 12.2 Å². The van der Waals surface area contributed by atoms with Gasteiger partial charge in [0.1, 0.15) is 5.75 Å². The van der Waals surface area contributed by atoms with E-state index in [4.69, 9.17) is 22.2 Å². The highest BCUT2D eigenvalue weighted by molar-refractivity contribution is 7.80. The van der Waals surface area contributed by atoms with E-state index in [1.54, 1.807) is 24.3 Å². The Labute approximate surface area is 148 Å². The first-order valence-electron chi connectivity index (χ1n) is 8.06. The van der Waals surface area contributed by atoms with Gasteiger partial charge in [-0.05, 0) is 43.4 Å². The molecule has 1 aliphatic heterocycles. The van der Waals surface area contributed by atoms with Gasteiger partial charge in [-0.3, -0.25) is 15.0 Å². The molecule has 1 aromatic rings. The lowest BCUT2D eigenvalue weighted by atomic mass is 10.2. The fraction of sp³-hybridized carbons (Fsp3) is 0.471. The van der Waals surface area contributed by atoms with Crippen molar-refractivity contribution in [2.24, 2.45) is 0 Å². The molecule has 0 aromatic heterocycles. The van der Waals surface area contributed by atoms with Crippen molar-refractivity contribution in [2.45, 2.75) is 13.3 Å². The summed E-state index contributed by atoms with van der Waals surface area (Å²) in [6.45, 7) is 6.51. The molecule has 2 rings (SSSR count). The Morgan fingerprint density at radius 3 is 2.54 bits per heavy atom. The van der Waals surface area contributed by atoms with Crippen LogP contribution in [-0.4, -0.2) is 60.2 Å². The van der Waals surface area contributed by atoms with Crippen LogP contribution in [-0.2, 0) is 0 Å². The number of amides is 1. The Morgan fingerprint density at radius 1 is 1.29 bits per heavy atom. The zero-order chi connectivity index (χ0) is 17.4. The summed E-state index contributed by atoms with van der Waals surface area (Å²) in [5.41, 5.74) is 0.549. The second-order valence-electron chi connectivity index (χ2n) is 5.45. The Kier molecular flexibility index (Phi) is 6.97. The highest BCUT2D eigenvalue weighted by Gasteiger charge is 2.20. The van der Waals surface area contributed by atoms with Crippen molar-refractivity contribution >= 4 is 23.2 Å². The van der Waals surface area contributed by atoms with Crippen molar-refractivity contribution in [3.8, 4) is 11.8 Å². The molecule has 7 heteroatoms. The van der Waals surface area contributed by atoms with E-state index in [2.05, 4.69) is 16.3 Å². The van der Waals surface area contributed by atoms with Crippen LogP contribution in [0.15, 0.2) is 24.3 Å². The molecule has 0 saturated carbocycles. The molecule has 0 unspecified atom stereocenters. The molecule has 1 saturated heterocycles. The SMILES string of the molecule is CCOc1ccc(C(=O)NC(=S)N2CCN(CCC#N)CC2)cc1. The summed E-state index contributed by atoms with van der Waals surface area (Å²) < 4.78 is 5.36. The van der Waals surface area contributed by atoms with E-state index in [0.29, 0.717) is 23.7 Å². The minimum Gasteiger partial charge on any atom is -0.494 e. The number of piperazine rings is 1. The first-order chi connectivity index (χ1) is 11.6. The van der Waals surface area contributed by atoms with Crippen LogP contribution in [0.25, 0.3) is 0 Å². The van der Waals surface area contributed by atoms with Gasteiger partial charge in [-0.2, -0.15) is 5.26 Å². The maximum atomic E-state index is 12.3. The summed E-state index contributed by atoms with van der Waals surface area (Å²) in [5.74, 6) is 0.528. The second kappa shape index (κ2) is 9.21. The van der Waals surface area contributed by atoms with Crippen molar-refractivity contribution in [3.63, 3.8) is 0 Å². The van der Waals surface area contributed by atoms with Gasteiger partial charge in [0.05, 0.1) is 12.7 Å². The van der Waals surface area contributed by atoms with Gasteiger partial charge in [0.25, 0.3) is 5.91 Å². The van der Waals surface area contributed by atoms with Gasteiger partial charge >= 0.3 is 0 Å². The van der Waals surface area contributed by atoms with Crippen LogP contribution in [0.2, 0.25) is 0 Å². The molecule has 1 aliphatic rings. The Hall–Kier alpha value is -2.17. The summed E-state index contributed by atoms with van der Waals surface area (Å²) in [5, 5.41) is 11.9. The number of hydrogen-bond donors (Lipinski definition) is 1. The van der Waals surface area contributed by atoms with Crippen LogP contribution in [0, 0.1) is 11.3 Å². The number of ether oxygens (including phenoxy) is 1. The number of carbonyl (C=O) groups is 1. The first-order valence-corrected chi connectivity index (χ1v) is 8.47. The number of rotatable bonds is 5. The topological polar surface area (TPSA) is 68.6 Å². The summed E-state index contributed by atoms with van der Waals surface area (Å²) in [4.78, 5) is 16.5. The lowest BCUT2D eigenvalue weighted by molar-refractivity contribution is 0.0969. The van der Waals surface area contributed by atoms with Gasteiger partial charge in [-0.15, -0.1) is 0 Å². The molecule has 0 atom stereocenters. The van der Waals surface area contributed by atoms with E-state index in [9.17, 15) is 4.79 Å². The standard InChI is InChI=1S/C17H22N4O2S/c1-2-23-15-6-4-14(5-7-15)16(22)19-17(24)21-12-10-20(11-13-21)9-3-8-18/h4-7H,2-3,9-13H2,1H3,(H,19,22,24). The largest absolute Gasteiger partial charge is 0.494 e. The number of thiocarbonyl (C=S) groups is 1.